The van der Waals surface area contributed by atoms with E-state index in [9.17, 15) is 13.2 Å². The third kappa shape index (κ3) is 4.93. The molecule has 1 aliphatic rings. The topological polar surface area (TPSA) is 102 Å². The van der Waals surface area contributed by atoms with E-state index in [1.54, 1.807) is 30.9 Å². The van der Waals surface area contributed by atoms with Crippen LogP contribution in [0.15, 0.2) is 33.7 Å². The maximum absolute atomic E-state index is 12.9. The zero-order valence-electron chi connectivity index (χ0n) is 17.5. The molecule has 1 amide bonds. The Morgan fingerprint density at radius 2 is 1.67 bits per heavy atom. The summed E-state index contributed by atoms with van der Waals surface area (Å²) in [5.41, 5.74) is 0.345. The number of rotatable bonds is 8. The number of sulfonamides is 1. The van der Waals surface area contributed by atoms with Crippen molar-refractivity contribution in [3.63, 3.8) is 0 Å². The molecule has 2 aromatic rings. The standard InChI is InChI=1S/C20H27N3O6S/c1-4-27-17-5-7-18(8-6-17)28-14-9-19(24)22-10-12-23(13-11-22)30(25,26)20-15(2)21-29-16(20)3/h5-8H,4,9-14H2,1-3H3. The summed E-state index contributed by atoms with van der Waals surface area (Å²) < 4.78 is 43.1. The minimum Gasteiger partial charge on any atom is -0.494 e. The molecular weight excluding hydrogens is 410 g/mol. The van der Waals surface area contributed by atoms with E-state index in [0.717, 1.165) is 5.75 Å². The van der Waals surface area contributed by atoms with Crippen LogP contribution in [0.5, 0.6) is 11.5 Å². The number of hydrogen-bond donors (Lipinski definition) is 0. The monoisotopic (exact) mass is 437 g/mol. The number of piperazine rings is 1. The highest BCUT2D eigenvalue weighted by molar-refractivity contribution is 7.89. The number of carbonyl (C=O) groups is 1. The number of ether oxygens (including phenoxy) is 2. The third-order valence-corrected chi connectivity index (χ3v) is 7.02. The molecule has 0 radical (unpaired) electrons. The van der Waals surface area contributed by atoms with E-state index in [1.807, 2.05) is 19.1 Å². The minimum atomic E-state index is -3.69. The van der Waals surface area contributed by atoms with Crippen LogP contribution in [0.25, 0.3) is 0 Å². The van der Waals surface area contributed by atoms with Gasteiger partial charge in [0.2, 0.25) is 15.9 Å². The summed E-state index contributed by atoms with van der Waals surface area (Å²) in [4.78, 5) is 14.2. The molecule has 0 unspecified atom stereocenters. The van der Waals surface area contributed by atoms with E-state index in [0.29, 0.717) is 31.1 Å². The van der Waals surface area contributed by atoms with E-state index >= 15 is 0 Å². The number of aryl methyl sites for hydroxylation is 2. The number of amides is 1. The van der Waals surface area contributed by atoms with E-state index in [2.05, 4.69) is 5.16 Å². The van der Waals surface area contributed by atoms with Crippen LogP contribution in [0, 0.1) is 13.8 Å². The number of nitrogens with zero attached hydrogens (tertiary/aromatic N) is 3. The molecule has 1 fully saturated rings. The fourth-order valence-electron chi connectivity index (χ4n) is 3.36. The molecule has 1 saturated heterocycles. The van der Waals surface area contributed by atoms with Crippen LogP contribution < -0.4 is 9.47 Å². The van der Waals surface area contributed by atoms with Crippen molar-refractivity contribution in [2.75, 3.05) is 39.4 Å². The highest BCUT2D eigenvalue weighted by Crippen LogP contribution is 2.24. The highest BCUT2D eigenvalue weighted by atomic mass is 32.2. The first-order valence-corrected chi connectivity index (χ1v) is 11.3. The van der Waals surface area contributed by atoms with Crippen LogP contribution in [-0.4, -0.2) is 68.1 Å². The van der Waals surface area contributed by atoms with Gasteiger partial charge in [-0.2, -0.15) is 4.31 Å². The van der Waals surface area contributed by atoms with Crippen molar-refractivity contribution in [2.24, 2.45) is 0 Å². The Hall–Kier alpha value is -2.59. The number of hydrogen-bond acceptors (Lipinski definition) is 7. The van der Waals surface area contributed by atoms with Crippen molar-refractivity contribution in [1.29, 1.82) is 0 Å². The molecule has 2 heterocycles. The second kappa shape index (κ2) is 9.48. The first-order chi connectivity index (χ1) is 14.3. The van der Waals surface area contributed by atoms with Crippen molar-refractivity contribution in [1.82, 2.24) is 14.4 Å². The molecule has 1 aromatic heterocycles. The van der Waals surface area contributed by atoms with Gasteiger partial charge < -0.3 is 18.9 Å². The molecule has 9 nitrogen and oxygen atoms in total. The molecule has 164 valence electrons. The molecule has 0 atom stereocenters. The first kappa shape index (κ1) is 22.1. The molecule has 0 saturated carbocycles. The van der Waals surface area contributed by atoms with Gasteiger partial charge in [0.25, 0.3) is 0 Å². The van der Waals surface area contributed by atoms with E-state index in [-0.39, 0.29) is 42.7 Å². The average molecular weight is 438 g/mol. The van der Waals surface area contributed by atoms with Gasteiger partial charge in [0, 0.05) is 26.2 Å². The van der Waals surface area contributed by atoms with Gasteiger partial charge in [-0.25, -0.2) is 8.42 Å². The average Bonchev–Trinajstić information content (AvgIpc) is 3.08. The maximum Gasteiger partial charge on any atom is 0.248 e. The lowest BCUT2D eigenvalue weighted by atomic mass is 10.3. The molecule has 0 bridgehead atoms. The zero-order chi connectivity index (χ0) is 21.7. The summed E-state index contributed by atoms with van der Waals surface area (Å²) in [6, 6.07) is 7.24. The molecule has 0 spiro atoms. The summed E-state index contributed by atoms with van der Waals surface area (Å²) in [6.07, 6.45) is 0.226. The van der Waals surface area contributed by atoms with Crippen molar-refractivity contribution >= 4 is 15.9 Å². The van der Waals surface area contributed by atoms with Gasteiger partial charge in [-0.15, -0.1) is 0 Å². The molecule has 1 aliphatic heterocycles. The Bertz CT molecular complexity index is 943. The fraction of sp³-hybridized carbons (Fsp3) is 0.500. The van der Waals surface area contributed by atoms with Crippen molar-refractivity contribution < 1.29 is 27.2 Å². The van der Waals surface area contributed by atoms with Gasteiger partial charge in [-0.3, -0.25) is 4.79 Å². The second-order valence-corrected chi connectivity index (χ2v) is 8.82. The number of benzene rings is 1. The second-order valence-electron chi connectivity index (χ2n) is 6.94. The van der Waals surface area contributed by atoms with Crippen LogP contribution in [-0.2, 0) is 14.8 Å². The molecule has 30 heavy (non-hydrogen) atoms. The first-order valence-electron chi connectivity index (χ1n) is 9.89. The van der Waals surface area contributed by atoms with Gasteiger partial charge in [-0.1, -0.05) is 5.16 Å². The molecule has 0 N–H and O–H groups in total. The fourth-order valence-corrected chi connectivity index (χ4v) is 5.08. The lowest BCUT2D eigenvalue weighted by Crippen LogP contribution is -2.50. The molecule has 3 rings (SSSR count). The Kier molecular flexibility index (Phi) is 6.99. The predicted octanol–water partition coefficient (Wildman–Crippen LogP) is 1.99. The summed E-state index contributed by atoms with van der Waals surface area (Å²) in [5.74, 6) is 1.65. The van der Waals surface area contributed by atoms with Crippen LogP contribution >= 0.6 is 0 Å². The smallest absolute Gasteiger partial charge is 0.248 e. The van der Waals surface area contributed by atoms with E-state index in [1.165, 1.54) is 4.31 Å². The van der Waals surface area contributed by atoms with Gasteiger partial charge in [0.1, 0.15) is 22.1 Å². The Morgan fingerprint density at radius 3 is 2.20 bits per heavy atom. The van der Waals surface area contributed by atoms with Crippen LogP contribution in [0.1, 0.15) is 24.8 Å². The van der Waals surface area contributed by atoms with Crippen molar-refractivity contribution in [3.8, 4) is 11.5 Å². The summed E-state index contributed by atoms with van der Waals surface area (Å²) in [5, 5.41) is 3.73. The quantitative estimate of drug-likeness (QED) is 0.622. The third-order valence-electron chi connectivity index (χ3n) is 4.88. The summed E-state index contributed by atoms with van der Waals surface area (Å²) in [6.45, 7) is 7.10. The predicted molar refractivity (Wildman–Crippen MR) is 109 cm³/mol. The zero-order valence-corrected chi connectivity index (χ0v) is 18.3. The van der Waals surface area contributed by atoms with Crippen LogP contribution in [0.3, 0.4) is 0 Å². The van der Waals surface area contributed by atoms with E-state index < -0.39 is 10.0 Å². The van der Waals surface area contributed by atoms with Crippen LogP contribution in [0.2, 0.25) is 0 Å². The number of carbonyl (C=O) groups excluding carboxylic acids is 1. The van der Waals surface area contributed by atoms with Crippen LogP contribution in [0.4, 0.5) is 0 Å². The maximum atomic E-state index is 12.9. The lowest BCUT2D eigenvalue weighted by molar-refractivity contribution is -0.132. The molecule has 0 aliphatic carbocycles. The summed E-state index contributed by atoms with van der Waals surface area (Å²) in [7, 11) is -3.69. The van der Waals surface area contributed by atoms with Crippen molar-refractivity contribution in [3.05, 3.63) is 35.7 Å². The molecule has 10 heteroatoms. The molecule has 1 aromatic carbocycles. The largest absolute Gasteiger partial charge is 0.494 e. The SMILES string of the molecule is CCOc1ccc(OCCC(=O)N2CCN(S(=O)(=O)c3c(C)noc3C)CC2)cc1. The Morgan fingerprint density at radius 1 is 1.07 bits per heavy atom. The van der Waals surface area contributed by atoms with Gasteiger partial charge >= 0.3 is 0 Å². The normalized spacial score (nSPS) is 15.2. The minimum absolute atomic E-state index is 0.0599. The lowest BCUT2D eigenvalue weighted by Gasteiger charge is -2.34. The van der Waals surface area contributed by atoms with Crippen molar-refractivity contribution in [2.45, 2.75) is 32.1 Å². The summed E-state index contributed by atoms with van der Waals surface area (Å²) >= 11 is 0. The number of aromatic nitrogens is 1. The Balaban J connectivity index is 1.47. The highest BCUT2D eigenvalue weighted by Gasteiger charge is 2.34. The van der Waals surface area contributed by atoms with Gasteiger partial charge in [-0.05, 0) is 45.0 Å². The van der Waals surface area contributed by atoms with Gasteiger partial charge in [0.05, 0.1) is 19.6 Å². The van der Waals surface area contributed by atoms with Gasteiger partial charge in [0.15, 0.2) is 5.76 Å². The Labute approximate surface area is 176 Å². The van der Waals surface area contributed by atoms with E-state index in [4.69, 9.17) is 14.0 Å². The molecular formula is C20H27N3O6S.